The summed E-state index contributed by atoms with van der Waals surface area (Å²) in [5.74, 6) is -1.11. The number of rotatable bonds is 1. The molecule has 0 unspecified atom stereocenters. The Kier molecular flexibility index (Phi) is 3.45. The van der Waals surface area contributed by atoms with Gasteiger partial charge in [0.15, 0.2) is 0 Å². The van der Waals surface area contributed by atoms with Gasteiger partial charge in [-0.25, -0.2) is 9.78 Å². The molecule has 5 heteroatoms. The SMILES string of the molecule is O=C(O)c1ccc2cccc(O)c2n1.[Ti]. The number of carboxylic acid groups (broad SMARTS) is 1. The zero-order chi connectivity index (χ0) is 10.1. The number of para-hydroxylation sites is 1. The molecule has 0 amide bonds. The van der Waals surface area contributed by atoms with E-state index in [0.717, 1.165) is 5.39 Å². The van der Waals surface area contributed by atoms with E-state index in [4.69, 9.17) is 5.11 Å². The molecule has 0 fully saturated rings. The fourth-order valence-electron chi connectivity index (χ4n) is 1.25. The van der Waals surface area contributed by atoms with Crippen molar-refractivity contribution in [3.8, 4) is 5.75 Å². The van der Waals surface area contributed by atoms with Gasteiger partial charge in [0.1, 0.15) is 17.0 Å². The minimum Gasteiger partial charge on any atom is -0.506 e. The van der Waals surface area contributed by atoms with Crippen molar-refractivity contribution in [2.45, 2.75) is 0 Å². The van der Waals surface area contributed by atoms with Crippen molar-refractivity contribution in [2.75, 3.05) is 0 Å². The van der Waals surface area contributed by atoms with Gasteiger partial charge < -0.3 is 10.2 Å². The summed E-state index contributed by atoms with van der Waals surface area (Å²) in [5.41, 5.74) is 0.242. The zero-order valence-electron chi connectivity index (χ0n) is 7.64. The number of aromatic nitrogens is 1. The van der Waals surface area contributed by atoms with E-state index < -0.39 is 5.97 Å². The first-order valence-corrected chi connectivity index (χ1v) is 4.00. The summed E-state index contributed by atoms with van der Waals surface area (Å²) >= 11 is 0. The first-order valence-electron chi connectivity index (χ1n) is 4.00. The number of nitrogens with zero attached hydrogens (tertiary/aromatic N) is 1. The van der Waals surface area contributed by atoms with Crippen LogP contribution in [0.15, 0.2) is 30.3 Å². The van der Waals surface area contributed by atoms with Gasteiger partial charge in [0.25, 0.3) is 0 Å². The van der Waals surface area contributed by atoms with Crippen LogP contribution in [0.3, 0.4) is 0 Å². The molecule has 4 nitrogen and oxygen atoms in total. The van der Waals surface area contributed by atoms with Crippen LogP contribution >= 0.6 is 0 Å². The number of hydrogen-bond acceptors (Lipinski definition) is 3. The molecule has 74 valence electrons. The van der Waals surface area contributed by atoms with Crippen molar-refractivity contribution in [3.63, 3.8) is 0 Å². The Morgan fingerprint density at radius 3 is 2.60 bits per heavy atom. The molecule has 1 aromatic heterocycles. The molecule has 15 heavy (non-hydrogen) atoms. The second-order valence-corrected chi connectivity index (χ2v) is 2.85. The normalized spacial score (nSPS) is 9.60. The molecule has 2 N–H and O–H groups in total. The summed E-state index contributed by atoms with van der Waals surface area (Å²) in [5, 5.41) is 18.8. The summed E-state index contributed by atoms with van der Waals surface area (Å²) < 4.78 is 0. The average Bonchev–Trinajstić information content (AvgIpc) is 2.18. The average molecular weight is 237 g/mol. The number of aromatic carboxylic acids is 1. The summed E-state index contributed by atoms with van der Waals surface area (Å²) in [6.45, 7) is 0. The largest absolute Gasteiger partial charge is 0.506 e. The van der Waals surface area contributed by atoms with E-state index in [-0.39, 0.29) is 33.2 Å². The van der Waals surface area contributed by atoms with Gasteiger partial charge in [-0.05, 0) is 12.1 Å². The predicted molar refractivity (Wildman–Crippen MR) is 50.4 cm³/mol. The predicted octanol–water partition coefficient (Wildman–Crippen LogP) is 1.64. The maximum atomic E-state index is 10.6. The van der Waals surface area contributed by atoms with Crippen molar-refractivity contribution in [2.24, 2.45) is 0 Å². The van der Waals surface area contributed by atoms with Gasteiger partial charge >= 0.3 is 5.97 Å². The van der Waals surface area contributed by atoms with Crippen molar-refractivity contribution in [1.82, 2.24) is 4.98 Å². The fraction of sp³-hybridized carbons (Fsp3) is 0. The van der Waals surface area contributed by atoms with E-state index in [1.54, 1.807) is 18.2 Å². The molecule has 0 aliphatic rings. The molecule has 0 saturated heterocycles. The van der Waals surface area contributed by atoms with E-state index in [1.165, 1.54) is 12.1 Å². The standard InChI is InChI=1S/C10H7NO3.Ti/c12-8-3-1-2-6-4-5-7(10(13)14)11-9(6)8;/h1-5,12H,(H,13,14);. The van der Waals surface area contributed by atoms with Gasteiger partial charge in [-0.1, -0.05) is 18.2 Å². The van der Waals surface area contributed by atoms with E-state index >= 15 is 0 Å². The summed E-state index contributed by atoms with van der Waals surface area (Å²) in [6, 6.07) is 7.93. The molecular formula is C10H7NO3Ti. The number of fused-ring (bicyclic) bond motifs is 1. The second kappa shape index (κ2) is 4.42. The molecule has 0 atom stereocenters. The third-order valence-electron chi connectivity index (χ3n) is 1.92. The molecule has 0 radical (unpaired) electrons. The molecule has 2 aromatic rings. The van der Waals surface area contributed by atoms with Gasteiger partial charge in [-0.15, -0.1) is 0 Å². The number of carbonyl (C=O) groups is 1. The number of phenols is 1. The van der Waals surface area contributed by atoms with Crippen LogP contribution in [0.1, 0.15) is 10.5 Å². The molecule has 2 rings (SSSR count). The number of pyridine rings is 1. The topological polar surface area (TPSA) is 70.4 Å². The molecule has 0 aliphatic carbocycles. The number of carboxylic acids is 1. The van der Waals surface area contributed by atoms with Crippen LogP contribution < -0.4 is 0 Å². The minimum absolute atomic E-state index is 0. The van der Waals surface area contributed by atoms with Crippen molar-refractivity contribution in [1.29, 1.82) is 0 Å². The quantitative estimate of drug-likeness (QED) is 0.739. The molecular weight excluding hydrogens is 230 g/mol. The molecule has 1 heterocycles. The number of benzene rings is 1. The zero-order valence-corrected chi connectivity index (χ0v) is 9.20. The summed E-state index contributed by atoms with van der Waals surface area (Å²) in [7, 11) is 0. The monoisotopic (exact) mass is 237 g/mol. The third-order valence-corrected chi connectivity index (χ3v) is 1.92. The Morgan fingerprint density at radius 2 is 1.93 bits per heavy atom. The van der Waals surface area contributed by atoms with Crippen LogP contribution in [-0.2, 0) is 21.7 Å². The molecule has 0 bridgehead atoms. The molecule has 1 aromatic carbocycles. The molecule has 0 aliphatic heterocycles. The maximum absolute atomic E-state index is 10.6. The third kappa shape index (κ3) is 2.17. The molecule has 0 saturated carbocycles. The van der Waals surface area contributed by atoms with Crippen molar-refractivity contribution in [3.05, 3.63) is 36.0 Å². The molecule has 0 spiro atoms. The first kappa shape index (κ1) is 11.7. The number of aromatic hydroxyl groups is 1. The van der Waals surface area contributed by atoms with E-state index in [2.05, 4.69) is 4.98 Å². The summed E-state index contributed by atoms with van der Waals surface area (Å²) in [6.07, 6.45) is 0. The van der Waals surface area contributed by atoms with Crippen LogP contribution in [0.5, 0.6) is 5.75 Å². The Morgan fingerprint density at radius 1 is 1.20 bits per heavy atom. The Labute approximate surface area is 100 Å². The Bertz CT molecular complexity index is 513. The minimum atomic E-state index is -1.10. The van der Waals surface area contributed by atoms with Crippen molar-refractivity contribution < 1.29 is 36.7 Å². The van der Waals surface area contributed by atoms with E-state index in [0.29, 0.717) is 5.52 Å². The number of hydrogen-bond donors (Lipinski definition) is 2. The first-order chi connectivity index (χ1) is 6.68. The number of phenolic OH excluding ortho intramolecular Hbond substituents is 1. The van der Waals surface area contributed by atoms with E-state index in [9.17, 15) is 9.90 Å². The van der Waals surface area contributed by atoms with Crippen molar-refractivity contribution >= 4 is 16.9 Å². The Hall–Kier alpha value is -1.39. The van der Waals surface area contributed by atoms with Gasteiger partial charge in [0.05, 0.1) is 0 Å². The van der Waals surface area contributed by atoms with Crippen LogP contribution in [0.25, 0.3) is 10.9 Å². The maximum Gasteiger partial charge on any atom is 0.354 e. The summed E-state index contributed by atoms with van der Waals surface area (Å²) in [4.78, 5) is 14.4. The van der Waals surface area contributed by atoms with E-state index in [1.807, 2.05) is 0 Å². The van der Waals surface area contributed by atoms with Gasteiger partial charge in [-0.3, -0.25) is 0 Å². The van der Waals surface area contributed by atoms with Crippen LogP contribution in [-0.4, -0.2) is 21.2 Å². The Balaban J connectivity index is 0.00000112. The van der Waals surface area contributed by atoms with Crippen LogP contribution in [0, 0.1) is 0 Å². The smallest absolute Gasteiger partial charge is 0.354 e. The van der Waals surface area contributed by atoms with Crippen LogP contribution in [0.4, 0.5) is 0 Å². The van der Waals surface area contributed by atoms with Gasteiger partial charge in [-0.2, -0.15) is 0 Å². The van der Waals surface area contributed by atoms with Gasteiger partial charge in [0, 0.05) is 27.1 Å². The fourth-order valence-corrected chi connectivity index (χ4v) is 1.25. The van der Waals surface area contributed by atoms with Crippen LogP contribution in [0.2, 0.25) is 0 Å². The van der Waals surface area contributed by atoms with Gasteiger partial charge in [0.2, 0.25) is 0 Å². The second-order valence-electron chi connectivity index (χ2n) is 2.85.